The zero-order valence-corrected chi connectivity index (χ0v) is 20.1. The number of nitrogens with zero attached hydrogens (tertiary/aromatic N) is 5. The number of rotatable bonds is 6. The molecule has 2 aromatic carbocycles. The molecule has 0 aliphatic carbocycles. The van der Waals surface area contributed by atoms with Crippen LogP contribution in [-0.2, 0) is 17.8 Å². The van der Waals surface area contributed by atoms with Gasteiger partial charge in [-0.2, -0.15) is 0 Å². The molecule has 2 aliphatic heterocycles. The van der Waals surface area contributed by atoms with Crippen molar-refractivity contribution in [3.8, 4) is 0 Å². The number of anilines is 2. The summed E-state index contributed by atoms with van der Waals surface area (Å²) < 4.78 is 7.35. The van der Waals surface area contributed by atoms with Crippen LogP contribution in [0.3, 0.4) is 0 Å². The predicted octanol–water partition coefficient (Wildman–Crippen LogP) is 3.15. The largest absolute Gasteiger partial charge is 0.379 e. The fourth-order valence-corrected chi connectivity index (χ4v) is 4.77. The first-order chi connectivity index (χ1) is 16.6. The summed E-state index contributed by atoms with van der Waals surface area (Å²) in [5.74, 6) is 0.729. The average Bonchev–Trinajstić information content (AvgIpc) is 2.86. The van der Waals surface area contributed by atoms with Crippen molar-refractivity contribution in [2.45, 2.75) is 26.9 Å². The molecule has 0 N–H and O–H groups in total. The van der Waals surface area contributed by atoms with Crippen molar-refractivity contribution in [3.63, 3.8) is 0 Å². The van der Waals surface area contributed by atoms with E-state index in [-0.39, 0.29) is 5.56 Å². The zero-order valence-electron chi connectivity index (χ0n) is 20.1. The predicted molar refractivity (Wildman–Crippen MR) is 135 cm³/mol. The highest BCUT2D eigenvalue weighted by Crippen LogP contribution is 2.28. The Morgan fingerprint density at radius 1 is 0.912 bits per heavy atom. The quantitative estimate of drug-likeness (QED) is 0.565. The molecule has 3 aromatic rings. The van der Waals surface area contributed by atoms with Gasteiger partial charge in [-0.15, -0.1) is 0 Å². The second kappa shape index (κ2) is 10.1. The number of morpholine rings is 1. The van der Waals surface area contributed by atoms with E-state index in [9.17, 15) is 4.79 Å². The minimum absolute atomic E-state index is 0.0556. The number of benzene rings is 2. The van der Waals surface area contributed by atoms with Crippen LogP contribution in [0.5, 0.6) is 0 Å². The Balaban J connectivity index is 1.49. The number of hydrogen-bond acceptors (Lipinski definition) is 6. The molecule has 0 radical (unpaired) electrons. The van der Waals surface area contributed by atoms with Crippen molar-refractivity contribution < 1.29 is 4.74 Å². The topological polar surface area (TPSA) is 53.8 Å². The fourth-order valence-electron chi connectivity index (χ4n) is 4.77. The third-order valence-electron chi connectivity index (χ3n) is 6.75. The number of aromatic nitrogens is 2. The maximum absolute atomic E-state index is 13.8. The fraction of sp³-hybridized carbons (Fsp3) is 0.407. The minimum Gasteiger partial charge on any atom is -0.379 e. The molecule has 1 saturated heterocycles. The van der Waals surface area contributed by atoms with E-state index in [1.807, 2.05) is 29.7 Å². The van der Waals surface area contributed by atoms with Gasteiger partial charge in [-0.25, -0.2) is 4.98 Å². The lowest BCUT2D eigenvalue weighted by molar-refractivity contribution is 0.0310. The molecule has 178 valence electrons. The first-order valence-electron chi connectivity index (χ1n) is 12.1. The summed E-state index contributed by atoms with van der Waals surface area (Å²) in [7, 11) is 0. The van der Waals surface area contributed by atoms with E-state index in [2.05, 4.69) is 58.0 Å². The van der Waals surface area contributed by atoms with Crippen LogP contribution < -0.4 is 10.5 Å². The number of ether oxygens (including phenoxy) is 1. The number of fused-ring (bicyclic) bond motifs is 1. The zero-order chi connectivity index (χ0) is 23.5. The van der Waals surface area contributed by atoms with Crippen molar-refractivity contribution in [2.75, 3.05) is 51.0 Å². The van der Waals surface area contributed by atoms with Gasteiger partial charge < -0.3 is 4.74 Å². The molecule has 7 nitrogen and oxygen atoms in total. The molecule has 34 heavy (non-hydrogen) atoms. The maximum atomic E-state index is 13.8. The van der Waals surface area contributed by atoms with E-state index in [0.29, 0.717) is 19.8 Å². The van der Waals surface area contributed by atoms with Crippen LogP contribution in [0.15, 0.2) is 59.4 Å². The van der Waals surface area contributed by atoms with Crippen molar-refractivity contribution >= 4 is 11.6 Å². The molecule has 0 unspecified atom stereocenters. The van der Waals surface area contributed by atoms with Gasteiger partial charge >= 0.3 is 0 Å². The molecular weight excluding hydrogens is 426 g/mol. The van der Waals surface area contributed by atoms with Gasteiger partial charge in [-0.05, 0) is 37.1 Å². The van der Waals surface area contributed by atoms with Crippen LogP contribution in [-0.4, -0.2) is 65.4 Å². The van der Waals surface area contributed by atoms with Gasteiger partial charge in [0.25, 0.3) is 5.56 Å². The van der Waals surface area contributed by atoms with Crippen LogP contribution in [0.1, 0.15) is 22.4 Å². The van der Waals surface area contributed by atoms with E-state index in [4.69, 9.17) is 9.72 Å². The Morgan fingerprint density at radius 3 is 2.44 bits per heavy atom. The molecule has 5 rings (SSSR count). The Labute approximate surface area is 201 Å². The van der Waals surface area contributed by atoms with Gasteiger partial charge in [0, 0.05) is 43.9 Å². The van der Waals surface area contributed by atoms with Crippen molar-refractivity contribution in [3.05, 3.63) is 87.3 Å². The average molecular weight is 460 g/mol. The smallest absolute Gasteiger partial charge is 0.259 e. The Hall–Kier alpha value is -3.00. The molecule has 0 bridgehead atoms. The Bertz CT molecular complexity index is 1190. The summed E-state index contributed by atoms with van der Waals surface area (Å²) in [4.78, 5) is 25.7. The highest BCUT2D eigenvalue weighted by molar-refractivity contribution is 5.59. The molecular formula is C27H33N5O2. The summed E-state index contributed by atoms with van der Waals surface area (Å²) in [5, 5.41) is 0. The SMILES string of the molecule is Cc1cccc(N2CN(CCN3CCOCC3)Cn3c2nc(C)c(Cc2ccccc2)c3=O)c1. The summed E-state index contributed by atoms with van der Waals surface area (Å²) in [6.45, 7) is 10.7. The van der Waals surface area contributed by atoms with Crippen LogP contribution in [0.4, 0.5) is 11.6 Å². The lowest BCUT2D eigenvalue weighted by Crippen LogP contribution is -2.50. The molecule has 7 heteroatoms. The molecule has 3 heterocycles. The van der Waals surface area contributed by atoms with E-state index >= 15 is 0 Å². The van der Waals surface area contributed by atoms with Gasteiger partial charge in [0.05, 0.1) is 32.2 Å². The summed E-state index contributed by atoms with van der Waals surface area (Å²) >= 11 is 0. The summed E-state index contributed by atoms with van der Waals surface area (Å²) in [5.41, 5.74) is 5.01. The van der Waals surface area contributed by atoms with Crippen LogP contribution in [0.2, 0.25) is 0 Å². The van der Waals surface area contributed by atoms with Crippen molar-refractivity contribution in [2.24, 2.45) is 0 Å². The number of hydrogen-bond donors (Lipinski definition) is 0. The second-order valence-electron chi connectivity index (χ2n) is 9.27. The Morgan fingerprint density at radius 2 is 1.68 bits per heavy atom. The third-order valence-corrected chi connectivity index (χ3v) is 6.75. The number of aryl methyl sites for hydroxylation is 2. The molecule has 2 aliphatic rings. The highest BCUT2D eigenvalue weighted by atomic mass is 16.5. The van der Waals surface area contributed by atoms with Gasteiger partial charge in [-0.1, -0.05) is 42.5 Å². The van der Waals surface area contributed by atoms with E-state index in [1.165, 1.54) is 5.56 Å². The van der Waals surface area contributed by atoms with Gasteiger partial charge in [0.2, 0.25) is 5.95 Å². The van der Waals surface area contributed by atoms with Crippen LogP contribution in [0, 0.1) is 13.8 Å². The molecule has 0 saturated carbocycles. The van der Waals surface area contributed by atoms with Gasteiger partial charge in [0.15, 0.2) is 0 Å². The molecule has 1 fully saturated rings. The molecule has 0 spiro atoms. The van der Waals surface area contributed by atoms with Crippen molar-refractivity contribution in [1.82, 2.24) is 19.4 Å². The van der Waals surface area contributed by atoms with Crippen molar-refractivity contribution in [1.29, 1.82) is 0 Å². The van der Waals surface area contributed by atoms with Crippen LogP contribution >= 0.6 is 0 Å². The molecule has 0 amide bonds. The van der Waals surface area contributed by atoms with E-state index in [1.54, 1.807) is 0 Å². The van der Waals surface area contributed by atoms with Crippen LogP contribution in [0.25, 0.3) is 0 Å². The Kier molecular flexibility index (Phi) is 6.76. The monoisotopic (exact) mass is 459 g/mol. The summed E-state index contributed by atoms with van der Waals surface area (Å²) in [6.07, 6.45) is 0.594. The highest BCUT2D eigenvalue weighted by Gasteiger charge is 2.28. The minimum atomic E-state index is 0.0556. The first kappa shape index (κ1) is 22.8. The van der Waals surface area contributed by atoms with E-state index < -0.39 is 0 Å². The van der Waals surface area contributed by atoms with Gasteiger partial charge in [-0.3, -0.25) is 24.1 Å². The van der Waals surface area contributed by atoms with Gasteiger partial charge in [0.1, 0.15) is 0 Å². The lowest BCUT2D eigenvalue weighted by Gasteiger charge is -2.39. The lowest BCUT2D eigenvalue weighted by atomic mass is 10.1. The third kappa shape index (κ3) is 4.92. The summed E-state index contributed by atoms with van der Waals surface area (Å²) in [6, 6.07) is 18.6. The first-order valence-corrected chi connectivity index (χ1v) is 12.1. The second-order valence-corrected chi connectivity index (χ2v) is 9.27. The normalized spacial score (nSPS) is 17.1. The molecule has 0 atom stereocenters. The van der Waals surface area contributed by atoms with E-state index in [0.717, 1.165) is 67.8 Å². The maximum Gasteiger partial charge on any atom is 0.259 e. The standard InChI is InChI=1S/C27H33N5O2/c1-21-7-6-10-24(17-21)31-19-30(12-11-29-13-15-34-16-14-29)20-32-26(33)25(22(2)28-27(31)32)18-23-8-4-3-5-9-23/h3-10,17H,11-16,18-20H2,1-2H3. The molecule has 1 aromatic heterocycles.